The van der Waals surface area contributed by atoms with E-state index in [1.807, 2.05) is 24.3 Å². The molecule has 122 valence electrons. The van der Waals surface area contributed by atoms with E-state index in [-0.39, 0.29) is 17.8 Å². The Morgan fingerprint density at radius 1 is 1.38 bits per heavy atom. The number of fused-ring (bicyclic) bond motifs is 1. The van der Waals surface area contributed by atoms with Crippen LogP contribution in [0.4, 0.5) is 5.69 Å². The molecule has 1 atom stereocenters. The van der Waals surface area contributed by atoms with Crippen LogP contribution in [0.5, 0.6) is 11.5 Å². The monoisotopic (exact) mass is 326 g/mol. The highest BCUT2D eigenvalue weighted by atomic mass is 16.6. The van der Waals surface area contributed by atoms with Crippen LogP contribution in [0.25, 0.3) is 0 Å². The Hall–Kier alpha value is -3.36. The third-order valence-corrected chi connectivity index (χ3v) is 3.48. The van der Waals surface area contributed by atoms with Crippen molar-refractivity contribution in [2.75, 3.05) is 11.9 Å². The smallest absolute Gasteiger partial charge is 0.293 e. The first-order chi connectivity index (χ1) is 11.8. The molecule has 9 heteroatoms. The van der Waals surface area contributed by atoms with Gasteiger partial charge in [-0.1, -0.05) is 12.1 Å². The van der Waals surface area contributed by atoms with Crippen LogP contribution in [0.1, 0.15) is 10.6 Å². The second kappa shape index (κ2) is 6.03. The molecule has 3 heterocycles. The van der Waals surface area contributed by atoms with E-state index < -0.39 is 0 Å². The minimum absolute atomic E-state index is 0.142. The highest BCUT2D eigenvalue weighted by molar-refractivity contribution is 6.01. The minimum Gasteiger partial charge on any atom is -0.486 e. The molecular formula is C15H14N6O3. The lowest BCUT2D eigenvalue weighted by Gasteiger charge is -2.26. The summed E-state index contributed by atoms with van der Waals surface area (Å²) in [6.45, 7) is 0.948. The summed E-state index contributed by atoms with van der Waals surface area (Å²) < 4.78 is 13.3. The van der Waals surface area contributed by atoms with Gasteiger partial charge in [0.1, 0.15) is 12.9 Å². The molecule has 4 rings (SSSR count). The average Bonchev–Trinajstić information content (AvgIpc) is 3.27. The number of aromatic nitrogens is 5. The number of hydrogen-bond donors (Lipinski definition) is 2. The van der Waals surface area contributed by atoms with E-state index in [9.17, 15) is 4.79 Å². The summed E-state index contributed by atoms with van der Waals surface area (Å²) >= 11 is 0. The second-order valence-electron chi connectivity index (χ2n) is 5.24. The van der Waals surface area contributed by atoms with Gasteiger partial charge in [0.2, 0.25) is 5.82 Å². The van der Waals surface area contributed by atoms with E-state index in [2.05, 4.69) is 25.6 Å². The third-order valence-electron chi connectivity index (χ3n) is 3.48. The van der Waals surface area contributed by atoms with Gasteiger partial charge in [-0.3, -0.25) is 14.6 Å². The number of para-hydroxylation sites is 2. The number of nitrogens with zero attached hydrogens (tertiary/aromatic N) is 4. The normalized spacial score (nSPS) is 15.9. The van der Waals surface area contributed by atoms with Crippen LogP contribution in [-0.2, 0) is 6.54 Å². The van der Waals surface area contributed by atoms with Crippen molar-refractivity contribution < 1.29 is 14.3 Å². The van der Waals surface area contributed by atoms with Gasteiger partial charge < -0.3 is 14.8 Å². The largest absolute Gasteiger partial charge is 0.486 e. The van der Waals surface area contributed by atoms with E-state index in [4.69, 9.17) is 9.47 Å². The number of hydrogen-bond acceptors (Lipinski definition) is 6. The first kappa shape index (κ1) is 14.2. The van der Waals surface area contributed by atoms with Crippen molar-refractivity contribution in [3.05, 3.63) is 48.8 Å². The molecule has 1 aliphatic rings. The number of amides is 1. The first-order valence-electron chi connectivity index (χ1n) is 7.35. The number of nitrogens with one attached hydrogen (secondary N) is 2. The Morgan fingerprint density at radius 3 is 3.08 bits per heavy atom. The van der Waals surface area contributed by atoms with E-state index in [1.54, 1.807) is 17.1 Å². The zero-order valence-corrected chi connectivity index (χ0v) is 12.5. The number of anilines is 1. The topological polar surface area (TPSA) is 107 Å². The minimum atomic E-state index is -0.377. The third kappa shape index (κ3) is 2.91. The number of rotatable bonds is 4. The number of aromatic amines is 1. The highest BCUT2D eigenvalue weighted by Crippen LogP contribution is 2.31. The predicted molar refractivity (Wildman–Crippen MR) is 82.9 cm³/mol. The number of benzene rings is 1. The fraction of sp³-hybridized carbons (Fsp3) is 0.200. The van der Waals surface area contributed by atoms with Gasteiger partial charge in [0.15, 0.2) is 17.6 Å². The van der Waals surface area contributed by atoms with E-state index in [1.165, 1.54) is 6.33 Å². The number of carbonyl (C=O) groups is 1. The summed E-state index contributed by atoms with van der Waals surface area (Å²) in [5.74, 6) is 1.23. The average molecular weight is 326 g/mol. The van der Waals surface area contributed by atoms with Crippen molar-refractivity contribution in [1.82, 2.24) is 25.0 Å². The molecule has 2 aromatic heterocycles. The zero-order valence-electron chi connectivity index (χ0n) is 12.5. The maximum absolute atomic E-state index is 11.9. The molecule has 1 aliphatic heterocycles. The molecule has 0 saturated heterocycles. The molecule has 0 spiro atoms. The molecule has 24 heavy (non-hydrogen) atoms. The van der Waals surface area contributed by atoms with Gasteiger partial charge in [0.25, 0.3) is 5.91 Å². The Labute approximate surface area is 136 Å². The molecule has 0 aliphatic carbocycles. The van der Waals surface area contributed by atoms with Crippen molar-refractivity contribution in [2.45, 2.75) is 12.6 Å². The van der Waals surface area contributed by atoms with Crippen LogP contribution < -0.4 is 14.8 Å². The van der Waals surface area contributed by atoms with Crippen molar-refractivity contribution in [3.8, 4) is 11.5 Å². The quantitative estimate of drug-likeness (QED) is 0.743. The fourth-order valence-electron chi connectivity index (χ4n) is 2.39. The van der Waals surface area contributed by atoms with E-state index >= 15 is 0 Å². The van der Waals surface area contributed by atoms with Crippen molar-refractivity contribution in [3.63, 3.8) is 0 Å². The maximum atomic E-state index is 11.9. The van der Waals surface area contributed by atoms with Gasteiger partial charge in [-0.25, -0.2) is 4.98 Å². The fourth-order valence-corrected chi connectivity index (χ4v) is 2.39. The zero-order chi connectivity index (χ0) is 16.4. The molecule has 0 bridgehead atoms. The van der Waals surface area contributed by atoms with Crippen LogP contribution >= 0.6 is 0 Å². The standard InChI is InChI=1S/C15H14N6O3/c22-15(14-16-9-17-20-14)19-10-5-18-21(6-10)7-11-8-23-12-3-1-2-4-13(12)24-11/h1-6,9,11H,7-8H2,(H,19,22)(H,16,17,20)/t11-/m0/s1. The van der Waals surface area contributed by atoms with E-state index in [0.717, 1.165) is 11.5 Å². The molecule has 1 amide bonds. The molecule has 0 saturated carbocycles. The number of H-pyrrole nitrogens is 1. The van der Waals surface area contributed by atoms with Crippen LogP contribution in [0.2, 0.25) is 0 Å². The molecule has 2 N–H and O–H groups in total. The van der Waals surface area contributed by atoms with Crippen LogP contribution in [0.15, 0.2) is 43.0 Å². The number of ether oxygens (including phenoxy) is 2. The molecule has 9 nitrogen and oxygen atoms in total. The molecule has 0 unspecified atom stereocenters. The summed E-state index contributed by atoms with van der Waals surface area (Å²) in [6.07, 6.45) is 4.40. The summed E-state index contributed by atoms with van der Waals surface area (Å²) in [4.78, 5) is 15.7. The van der Waals surface area contributed by atoms with Crippen molar-refractivity contribution >= 4 is 11.6 Å². The van der Waals surface area contributed by atoms with Gasteiger partial charge >= 0.3 is 0 Å². The molecule has 0 fully saturated rings. The number of carbonyl (C=O) groups excluding carboxylic acids is 1. The lowest BCUT2D eigenvalue weighted by Crippen LogP contribution is -2.33. The van der Waals surface area contributed by atoms with Gasteiger partial charge in [-0.2, -0.15) is 10.2 Å². The Kier molecular flexibility index (Phi) is 3.58. The summed E-state index contributed by atoms with van der Waals surface area (Å²) in [5, 5.41) is 13.1. The van der Waals surface area contributed by atoms with Crippen LogP contribution in [0, 0.1) is 0 Å². The first-order valence-corrected chi connectivity index (χ1v) is 7.35. The van der Waals surface area contributed by atoms with Crippen LogP contribution in [0.3, 0.4) is 0 Å². The van der Waals surface area contributed by atoms with Crippen LogP contribution in [-0.4, -0.2) is 43.6 Å². The Bertz CT molecular complexity index is 845. The summed E-state index contributed by atoms with van der Waals surface area (Å²) in [6, 6.07) is 7.54. The van der Waals surface area contributed by atoms with Gasteiger partial charge in [0, 0.05) is 6.20 Å². The van der Waals surface area contributed by atoms with Crippen molar-refractivity contribution in [1.29, 1.82) is 0 Å². The van der Waals surface area contributed by atoms with E-state index in [0.29, 0.717) is 18.8 Å². The van der Waals surface area contributed by atoms with Gasteiger partial charge in [-0.05, 0) is 12.1 Å². The Balaban J connectivity index is 1.38. The summed E-state index contributed by atoms with van der Waals surface area (Å²) in [7, 11) is 0. The Morgan fingerprint density at radius 2 is 2.25 bits per heavy atom. The maximum Gasteiger partial charge on any atom is 0.293 e. The summed E-state index contributed by atoms with van der Waals surface area (Å²) in [5.41, 5.74) is 0.563. The molecule has 3 aromatic rings. The van der Waals surface area contributed by atoms with Crippen molar-refractivity contribution in [2.24, 2.45) is 0 Å². The SMILES string of the molecule is O=C(Nc1cnn(C[C@H]2COc3ccccc3O2)c1)c1ncn[nH]1. The lowest BCUT2D eigenvalue weighted by atomic mass is 10.2. The predicted octanol–water partition coefficient (Wildman–Crippen LogP) is 1.09. The lowest BCUT2D eigenvalue weighted by molar-refractivity contribution is 0.0759. The molecule has 1 aromatic carbocycles. The second-order valence-corrected chi connectivity index (χ2v) is 5.24. The molecule has 0 radical (unpaired) electrons. The van der Waals surface area contributed by atoms with Gasteiger partial charge in [-0.15, -0.1) is 0 Å². The highest BCUT2D eigenvalue weighted by Gasteiger charge is 2.21. The molecular weight excluding hydrogens is 312 g/mol. The van der Waals surface area contributed by atoms with Gasteiger partial charge in [0.05, 0.1) is 18.4 Å².